The van der Waals surface area contributed by atoms with Crippen LogP contribution in [0.1, 0.15) is 103 Å². The summed E-state index contributed by atoms with van der Waals surface area (Å²) in [4.78, 5) is 23.2. The smallest absolute Gasteiger partial charge is 0.463 e. The molecule has 0 radical (unpaired) electrons. The van der Waals surface area contributed by atoms with Gasteiger partial charge in [-0.3, -0.25) is 9.47 Å². The lowest BCUT2D eigenvalue weighted by molar-refractivity contribution is -0.325. The Balaban J connectivity index is 3.43. The van der Waals surface area contributed by atoms with Crippen LogP contribution < -0.4 is 0 Å². The molecule has 0 atom stereocenters. The molecule has 0 saturated carbocycles. The number of esters is 2. The summed E-state index contributed by atoms with van der Waals surface area (Å²) in [5.74, 6) is -1.24. The Morgan fingerprint density at radius 3 is 0.921 bits per heavy atom. The molecule has 0 aromatic rings. The summed E-state index contributed by atoms with van der Waals surface area (Å²) in [6.45, 7) is -0.116. The van der Waals surface area contributed by atoms with E-state index in [1.165, 1.54) is 0 Å². The van der Waals surface area contributed by atoms with Crippen LogP contribution in [0.4, 0.5) is 26.3 Å². The second-order valence-corrected chi connectivity index (χ2v) is 8.91. The molecule has 0 aliphatic carbocycles. The number of rotatable bonds is 24. The first-order valence-corrected chi connectivity index (χ1v) is 13.4. The summed E-state index contributed by atoms with van der Waals surface area (Å²) < 4.78 is 88.3. The molecule has 0 aliphatic rings. The van der Waals surface area contributed by atoms with Crippen LogP contribution in [0, 0.1) is 0 Å². The molecule has 0 spiro atoms. The zero-order chi connectivity index (χ0) is 28.5. The van der Waals surface area contributed by atoms with Crippen LogP contribution in [0.3, 0.4) is 0 Å². The lowest BCUT2D eigenvalue weighted by atomic mass is 10.1. The minimum Gasteiger partial charge on any atom is -0.463 e. The molecule has 0 saturated heterocycles. The zero-order valence-corrected chi connectivity index (χ0v) is 22.0. The van der Waals surface area contributed by atoms with Crippen LogP contribution in [0.2, 0.25) is 0 Å². The van der Waals surface area contributed by atoms with Crippen molar-refractivity contribution in [3.05, 3.63) is 12.2 Å². The maximum atomic E-state index is 11.8. The minimum atomic E-state index is -4.56. The summed E-state index contributed by atoms with van der Waals surface area (Å²) in [6.07, 6.45) is 5.62. The molecule has 0 fully saturated rings. The van der Waals surface area contributed by atoms with Crippen molar-refractivity contribution >= 4 is 11.9 Å². The van der Waals surface area contributed by atoms with E-state index in [4.69, 9.17) is 9.47 Å². The van der Waals surface area contributed by atoms with Gasteiger partial charge in [-0.05, 0) is 25.7 Å². The van der Waals surface area contributed by atoms with Crippen molar-refractivity contribution < 1.29 is 54.9 Å². The van der Waals surface area contributed by atoms with Crippen molar-refractivity contribution in [1.82, 2.24) is 0 Å². The first kappa shape index (κ1) is 36.2. The van der Waals surface area contributed by atoms with E-state index >= 15 is 0 Å². The molecule has 0 N–H and O–H groups in total. The molecule has 0 aromatic carbocycles. The van der Waals surface area contributed by atoms with E-state index in [0.717, 1.165) is 76.4 Å². The van der Waals surface area contributed by atoms with Crippen LogP contribution in [0.25, 0.3) is 0 Å². The largest absolute Gasteiger partial charge is 0.522 e. The summed E-state index contributed by atoms with van der Waals surface area (Å²) in [5, 5.41) is 0. The Hall–Kier alpha value is -1.82. The number of carbonyl (C=O) groups excluding carboxylic acids is 2. The van der Waals surface area contributed by atoms with Gasteiger partial charge in [0.25, 0.3) is 0 Å². The van der Waals surface area contributed by atoms with E-state index in [2.05, 4.69) is 9.47 Å². The summed E-state index contributed by atoms with van der Waals surface area (Å²) >= 11 is 0. The van der Waals surface area contributed by atoms with Gasteiger partial charge < -0.3 is 9.47 Å². The van der Waals surface area contributed by atoms with Gasteiger partial charge in [-0.1, -0.05) is 77.0 Å². The number of hydrogen-bond acceptors (Lipinski definition) is 6. The Bertz CT molecular complexity index is 570. The van der Waals surface area contributed by atoms with Crippen molar-refractivity contribution in [2.24, 2.45) is 0 Å². The van der Waals surface area contributed by atoms with Gasteiger partial charge in [0.05, 0.1) is 26.4 Å². The molecule has 0 aromatic heterocycles. The Morgan fingerprint density at radius 1 is 0.421 bits per heavy atom. The predicted molar refractivity (Wildman–Crippen MR) is 129 cm³/mol. The third-order valence-electron chi connectivity index (χ3n) is 5.45. The van der Waals surface area contributed by atoms with E-state index in [0.29, 0.717) is 38.5 Å². The number of hydrogen-bond donors (Lipinski definition) is 0. The fourth-order valence-electron chi connectivity index (χ4n) is 3.48. The fraction of sp³-hybridized carbons (Fsp3) is 0.846. The highest BCUT2D eigenvalue weighted by Gasteiger charge is 2.28. The average Bonchev–Trinajstić information content (AvgIpc) is 2.82. The lowest BCUT2D eigenvalue weighted by Gasteiger charge is -2.07. The molecule has 6 nitrogen and oxygen atoms in total. The molecule has 38 heavy (non-hydrogen) atoms. The first-order valence-electron chi connectivity index (χ1n) is 13.4. The highest BCUT2D eigenvalue weighted by molar-refractivity contribution is 5.91. The van der Waals surface area contributed by atoms with Crippen LogP contribution in [0.15, 0.2) is 12.2 Å². The van der Waals surface area contributed by atoms with Crippen molar-refractivity contribution in [2.75, 3.05) is 26.4 Å². The van der Waals surface area contributed by atoms with E-state index in [-0.39, 0.29) is 26.4 Å². The fourth-order valence-corrected chi connectivity index (χ4v) is 3.48. The third-order valence-corrected chi connectivity index (χ3v) is 5.45. The van der Waals surface area contributed by atoms with Crippen molar-refractivity contribution in [3.8, 4) is 0 Å². The zero-order valence-electron chi connectivity index (χ0n) is 22.0. The first-order chi connectivity index (χ1) is 18.0. The Labute approximate surface area is 221 Å². The van der Waals surface area contributed by atoms with Crippen molar-refractivity contribution in [1.29, 1.82) is 0 Å². The van der Waals surface area contributed by atoms with Crippen molar-refractivity contribution in [3.63, 3.8) is 0 Å². The number of carbonyl (C=O) groups is 2. The summed E-state index contributed by atoms with van der Waals surface area (Å²) in [7, 11) is 0. The predicted octanol–water partition coefficient (Wildman–Crippen LogP) is 7.94. The molecule has 12 heteroatoms. The van der Waals surface area contributed by atoms with Crippen LogP contribution in [-0.4, -0.2) is 51.1 Å². The van der Waals surface area contributed by atoms with Crippen molar-refractivity contribution in [2.45, 2.75) is 115 Å². The van der Waals surface area contributed by atoms with Crippen LogP contribution in [0.5, 0.6) is 0 Å². The molecule has 0 heterocycles. The highest BCUT2D eigenvalue weighted by atomic mass is 19.4. The van der Waals surface area contributed by atoms with E-state index in [1.807, 2.05) is 0 Å². The highest BCUT2D eigenvalue weighted by Crippen LogP contribution is 2.18. The van der Waals surface area contributed by atoms with E-state index in [9.17, 15) is 35.9 Å². The molecule has 0 bridgehead atoms. The minimum absolute atomic E-state index is 0.244. The Kier molecular flexibility index (Phi) is 22.0. The number of ether oxygens (including phenoxy) is 4. The number of alkyl halides is 6. The molecular weight excluding hydrogens is 522 g/mol. The third kappa shape index (κ3) is 30.4. The van der Waals surface area contributed by atoms with Gasteiger partial charge in [-0.2, -0.15) is 0 Å². The maximum Gasteiger partial charge on any atom is 0.522 e. The molecular formula is C26H42F6O6. The number of halogens is 6. The van der Waals surface area contributed by atoms with Crippen LogP contribution in [-0.2, 0) is 28.5 Å². The van der Waals surface area contributed by atoms with Gasteiger partial charge in [0.1, 0.15) is 0 Å². The topological polar surface area (TPSA) is 71.1 Å². The molecule has 0 aliphatic heterocycles. The second kappa shape index (κ2) is 23.1. The van der Waals surface area contributed by atoms with Gasteiger partial charge in [0.2, 0.25) is 0 Å². The second-order valence-electron chi connectivity index (χ2n) is 8.91. The van der Waals surface area contributed by atoms with E-state index in [1.54, 1.807) is 0 Å². The number of unbranched alkanes of at least 4 members (excludes halogenated alkanes) is 14. The van der Waals surface area contributed by atoms with Gasteiger partial charge in [-0.15, -0.1) is 26.3 Å². The monoisotopic (exact) mass is 564 g/mol. The van der Waals surface area contributed by atoms with Gasteiger partial charge in [-0.25, -0.2) is 9.59 Å². The normalized spacial score (nSPS) is 12.3. The van der Waals surface area contributed by atoms with Crippen LogP contribution >= 0.6 is 0 Å². The average molecular weight is 565 g/mol. The molecule has 0 rings (SSSR count). The molecule has 224 valence electrons. The van der Waals surface area contributed by atoms with Gasteiger partial charge in [0, 0.05) is 12.2 Å². The quantitative estimate of drug-likeness (QED) is 0.0513. The molecule has 0 unspecified atom stereocenters. The van der Waals surface area contributed by atoms with Gasteiger partial charge >= 0.3 is 24.7 Å². The standard InChI is InChI=1S/C26H42F6O6/c27-25(28,29)37-21-15-11-7-3-1-5-9-13-19-35-23(33)17-18-24(34)36-20-14-10-6-2-4-8-12-16-22-38-26(30,31)32/h17-18H,1-16,19-22H2. The summed E-state index contributed by atoms with van der Waals surface area (Å²) in [6, 6.07) is 0. The molecule has 0 amide bonds. The van der Waals surface area contributed by atoms with E-state index < -0.39 is 24.7 Å². The lowest BCUT2D eigenvalue weighted by Crippen LogP contribution is -2.13. The van der Waals surface area contributed by atoms with Gasteiger partial charge in [0.15, 0.2) is 0 Å². The summed E-state index contributed by atoms with van der Waals surface area (Å²) in [5.41, 5.74) is 0. The Morgan fingerprint density at radius 2 is 0.658 bits per heavy atom. The maximum absolute atomic E-state index is 11.8. The SMILES string of the molecule is O=C(C=CC(=O)OCCCCCCCCCCOC(F)(F)F)OCCCCCCCCCCOC(F)(F)F.